The van der Waals surface area contributed by atoms with Crippen LogP contribution in [0.1, 0.15) is 11.1 Å². The van der Waals surface area contributed by atoms with Crippen molar-refractivity contribution in [1.82, 2.24) is 9.21 Å². The molecule has 1 heterocycles. The first-order valence-electron chi connectivity index (χ1n) is 9.64. The lowest BCUT2D eigenvalue weighted by Gasteiger charge is -2.33. The van der Waals surface area contributed by atoms with Crippen molar-refractivity contribution in [1.29, 1.82) is 0 Å². The number of carbonyl (C=O) groups is 1. The van der Waals surface area contributed by atoms with Crippen molar-refractivity contribution in [2.24, 2.45) is 0 Å². The fourth-order valence-corrected chi connectivity index (χ4v) is 4.70. The highest BCUT2D eigenvalue weighted by Gasteiger charge is 2.28. The van der Waals surface area contributed by atoms with E-state index < -0.39 is 15.8 Å². The molecule has 0 aliphatic carbocycles. The lowest BCUT2D eigenvalue weighted by Crippen LogP contribution is -3.13. The molecule has 6 nitrogen and oxygen atoms in total. The van der Waals surface area contributed by atoms with Gasteiger partial charge in [0.25, 0.3) is 0 Å². The van der Waals surface area contributed by atoms with E-state index in [1.165, 1.54) is 41.3 Å². The van der Waals surface area contributed by atoms with E-state index in [4.69, 9.17) is 0 Å². The number of nitrogens with zero attached hydrogens (tertiary/aromatic N) is 2. The van der Waals surface area contributed by atoms with Crippen LogP contribution in [-0.2, 0) is 21.4 Å². The van der Waals surface area contributed by atoms with E-state index in [-0.39, 0.29) is 17.3 Å². The molecule has 1 N–H and O–H groups in total. The van der Waals surface area contributed by atoms with Crippen LogP contribution >= 0.6 is 0 Å². The van der Waals surface area contributed by atoms with E-state index in [2.05, 4.69) is 31.2 Å². The number of benzene rings is 2. The molecule has 0 radical (unpaired) electrons. The highest BCUT2D eigenvalue weighted by Crippen LogP contribution is 2.15. The molecule has 0 spiro atoms. The summed E-state index contributed by atoms with van der Waals surface area (Å²) in [6, 6.07) is 13.2. The van der Waals surface area contributed by atoms with E-state index in [1.807, 2.05) is 0 Å². The van der Waals surface area contributed by atoms with Crippen LogP contribution in [0.2, 0.25) is 0 Å². The SMILES string of the molecule is Cc1cccc(C[NH+]2CCN(C(=O)CN(C)S(=O)(=O)c3cccc(F)c3)CC2)c1. The minimum absolute atomic E-state index is 0.153. The molecule has 8 heteroatoms. The molecular formula is C21H27FN3O3S+. The summed E-state index contributed by atoms with van der Waals surface area (Å²) in [5.41, 5.74) is 2.51. The van der Waals surface area contributed by atoms with Crippen molar-refractivity contribution >= 4 is 15.9 Å². The standard InChI is InChI=1S/C21H26FN3O3S/c1-17-5-3-6-18(13-17)15-24-9-11-25(12-10-24)21(26)16-23(2)29(27,28)20-8-4-7-19(22)14-20/h3-8,13-14H,9-12,15-16H2,1-2H3/p+1. The van der Waals surface area contributed by atoms with Gasteiger partial charge in [-0.3, -0.25) is 4.79 Å². The minimum atomic E-state index is -3.91. The van der Waals surface area contributed by atoms with Crippen LogP contribution in [0.15, 0.2) is 53.4 Å². The number of sulfonamides is 1. The maximum absolute atomic E-state index is 13.4. The Morgan fingerprint density at radius 1 is 1.14 bits per heavy atom. The van der Waals surface area contributed by atoms with E-state index in [1.54, 1.807) is 4.90 Å². The lowest BCUT2D eigenvalue weighted by atomic mass is 10.1. The third-order valence-electron chi connectivity index (χ3n) is 5.22. The maximum Gasteiger partial charge on any atom is 0.243 e. The van der Waals surface area contributed by atoms with Gasteiger partial charge in [-0.1, -0.05) is 35.9 Å². The van der Waals surface area contributed by atoms with Crippen LogP contribution in [0.4, 0.5) is 4.39 Å². The smallest absolute Gasteiger partial charge is 0.243 e. The monoisotopic (exact) mass is 420 g/mol. The molecule has 156 valence electrons. The normalized spacial score (nSPS) is 15.7. The Labute approximate surface area is 171 Å². The number of nitrogens with one attached hydrogen (secondary N) is 1. The molecule has 29 heavy (non-hydrogen) atoms. The fraction of sp³-hybridized carbons (Fsp3) is 0.381. The quantitative estimate of drug-likeness (QED) is 0.748. The molecule has 1 aliphatic heterocycles. The van der Waals surface area contributed by atoms with Crippen LogP contribution in [0.25, 0.3) is 0 Å². The van der Waals surface area contributed by atoms with Crippen molar-refractivity contribution < 1.29 is 22.5 Å². The molecule has 0 saturated carbocycles. The lowest BCUT2D eigenvalue weighted by molar-refractivity contribution is -0.917. The first-order valence-corrected chi connectivity index (χ1v) is 11.1. The fourth-order valence-electron chi connectivity index (χ4n) is 3.54. The first kappa shape index (κ1) is 21.4. The molecule has 1 saturated heterocycles. The molecular weight excluding hydrogens is 393 g/mol. The molecule has 2 aromatic rings. The van der Waals surface area contributed by atoms with Crippen molar-refractivity contribution in [2.75, 3.05) is 39.8 Å². The summed E-state index contributed by atoms with van der Waals surface area (Å²) >= 11 is 0. The average molecular weight is 421 g/mol. The Kier molecular flexibility index (Phi) is 6.66. The minimum Gasteiger partial charge on any atom is -0.330 e. The summed E-state index contributed by atoms with van der Waals surface area (Å²) < 4.78 is 39.5. The number of amides is 1. The topological polar surface area (TPSA) is 62.1 Å². The zero-order valence-electron chi connectivity index (χ0n) is 16.8. The summed E-state index contributed by atoms with van der Waals surface area (Å²) in [5.74, 6) is -0.861. The summed E-state index contributed by atoms with van der Waals surface area (Å²) in [6.45, 7) is 5.55. The van der Waals surface area contributed by atoms with Gasteiger partial charge >= 0.3 is 0 Å². The number of hydrogen-bond acceptors (Lipinski definition) is 3. The Morgan fingerprint density at radius 2 is 1.83 bits per heavy atom. The summed E-state index contributed by atoms with van der Waals surface area (Å²) in [7, 11) is -2.57. The van der Waals surface area contributed by atoms with Gasteiger partial charge in [0, 0.05) is 12.6 Å². The van der Waals surface area contributed by atoms with Crippen molar-refractivity contribution in [2.45, 2.75) is 18.4 Å². The Morgan fingerprint density at radius 3 is 2.48 bits per heavy atom. The van der Waals surface area contributed by atoms with Gasteiger partial charge in [0.05, 0.1) is 37.6 Å². The molecule has 1 aliphatic rings. The highest BCUT2D eigenvalue weighted by molar-refractivity contribution is 7.89. The highest BCUT2D eigenvalue weighted by atomic mass is 32.2. The van der Waals surface area contributed by atoms with Crippen LogP contribution in [0, 0.1) is 12.7 Å². The van der Waals surface area contributed by atoms with Gasteiger partial charge in [-0.15, -0.1) is 0 Å². The predicted molar refractivity (Wildman–Crippen MR) is 108 cm³/mol. The predicted octanol–water partition coefficient (Wildman–Crippen LogP) is 0.682. The van der Waals surface area contributed by atoms with E-state index in [0.29, 0.717) is 13.1 Å². The maximum atomic E-state index is 13.4. The van der Waals surface area contributed by atoms with Gasteiger partial charge in [0.2, 0.25) is 15.9 Å². The molecule has 0 bridgehead atoms. The van der Waals surface area contributed by atoms with Crippen LogP contribution < -0.4 is 4.90 Å². The van der Waals surface area contributed by atoms with E-state index >= 15 is 0 Å². The molecule has 0 unspecified atom stereocenters. The second-order valence-electron chi connectivity index (χ2n) is 7.52. The van der Waals surface area contributed by atoms with Gasteiger partial charge in [-0.05, 0) is 25.1 Å². The molecule has 0 aromatic heterocycles. The van der Waals surface area contributed by atoms with Gasteiger partial charge < -0.3 is 9.80 Å². The molecule has 2 aromatic carbocycles. The van der Waals surface area contributed by atoms with Crippen molar-refractivity contribution in [3.63, 3.8) is 0 Å². The number of piperazine rings is 1. The van der Waals surface area contributed by atoms with Crippen molar-refractivity contribution in [3.05, 3.63) is 65.5 Å². The van der Waals surface area contributed by atoms with E-state index in [0.717, 1.165) is 30.0 Å². The van der Waals surface area contributed by atoms with E-state index in [9.17, 15) is 17.6 Å². The number of likely N-dealkylation sites (N-methyl/N-ethyl adjacent to an activating group) is 1. The van der Waals surface area contributed by atoms with Crippen LogP contribution in [-0.4, -0.2) is 63.3 Å². The Bertz CT molecular complexity index is 973. The second kappa shape index (κ2) is 9.02. The second-order valence-corrected chi connectivity index (χ2v) is 9.56. The Balaban J connectivity index is 1.54. The van der Waals surface area contributed by atoms with Gasteiger partial charge in [-0.25, -0.2) is 12.8 Å². The zero-order valence-corrected chi connectivity index (χ0v) is 17.6. The average Bonchev–Trinajstić information content (AvgIpc) is 2.68. The summed E-state index contributed by atoms with van der Waals surface area (Å²) in [4.78, 5) is 15.6. The number of quaternary nitrogens is 1. The van der Waals surface area contributed by atoms with Gasteiger partial charge in [0.1, 0.15) is 12.4 Å². The third kappa shape index (κ3) is 5.41. The third-order valence-corrected chi connectivity index (χ3v) is 7.02. The Hall–Kier alpha value is -2.29. The van der Waals surface area contributed by atoms with Gasteiger partial charge in [-0.2, -0.15) is 4.31 Å². The number of rotatable bonds is 6. The van der Waals surface area contributed by atoms with Gasteiger partial charge in [0.15, 0.2) is 0 Å². The first-order chi connectivity index (χ1) is 13.8. The van der Waals surface area contributed by atoms with Crippen LogP contribution in [0.5, 0.6) is 0 Å². The number of carbonyl (C=O) groups excluding carboxylic acids is 1. The summed E-state index contributed by atoms with van der Waals surface area (Å²) in [5, 5.41) is 0. The number of aryl methyl sites for hydroxylation is 1. The summed E-state index contributed by atoms with van der Waals surface area (Å²) in [6.07, 6.45) is 0. The number of halogens is 1. The molecule has 1 fully saturated rings. The zero-order chi connectivity index (χ0) is 21.0. The van der Waals surface area contributed by atoms with Crippen molar-refractivity contribution in [3.8, 4) is 0 Å². The van der Waals surface area contributed by atoms with Crippen LogP contribution in [0.3, 0.4) is 0 Å². The number of hydrogen-bond donors (Lipinski definition) is 1. The molecule has 0 atom stereocenters. The molecule has 1 amide bonds. The molecule has 3 rings (SSSR count). The largest absolute Gasteiger partial charge is 0.330 e.